The second-order valence-corrected chi connectivity index (χ2v) is 7.34. The Bertz CT molecular complexity index is 832. The molecule has 0 saturated carbocycles. The molecule has 2 aromatic rings. The molecule has 2 aromatic carbocycles. The molecule has 1 unspecified atom stereocenters. The largest absolute Gasteiger partial charge is 0.497 e. The van der Waals surface area contributed by atoms with Crippen molar-refractivity contribution >= 4 is 15.7 Å². The summed E-state index contributed by atoms with van der Waals surface area (Å²) in [4.78, 5) is 0.114. The fourth-order valence-electron chi connectivity index (χ4n) is 2.91. The van der Waals surface area contributed by atoms with Crippen LogP contribution in [0, 0.1) is 0 Å². The van der Waals surface area contributed by atoms with E-state index >= 15 is 0 Å². The van der Waals surface area contributed by atoms with Gasteiger partial charge in [-0.25, -0.2) is 8.42 Å². The van der Waals surface area contributed by atoms with Crippen LogP contribution < -0.4 is 13.8 Å². The number of ether oxygens (including phenoxy) is 2. The van der Waals surface area contributed by atoms with Crippen molar-refractivity contribution in [1.29, 1.82) is 0 Å². The number of benzene rings is 2. The van der Waals surface area contributed by atoms with Crippen LogP contribution in [0.25, 0.3) is 0 Å². The van der Waals surface area contributed by atoms with Gasteiger partial charge in [-0.3, -0.25) is 4.31 Å². The van der Waals surface area contributed by atoms with Gasteiger partial charge >= 0.3 is 0 Å². The van der Waals surface area contributed by atoms with Crippen molar-refractivity contribution in [3.63, 3.8) is 0 Å². The number of hydrogen-bond donors (Lipinski definition) is 0. The summed E-state index contributed by atoms with van der Waals surface area (Å²) in [5, 5.41) is 0. The molecule has 122 valence electrons. The Hall–Kier alpha value is -2.21. The lowest BCUT2D eigenvalue weighted by molar-refractivity contribution is 0.392. The Morgan fingerprint density at radius 3 is 2.52 bits per heavy atom. The first-order valence-electron chi connectivity index (χ1n) is 7.32. The molecule has 0 radical (unpaired) electrons. The van der Waals surface area contributed by atoms with E-state index in [0.29, 0.717) is 18.0 Å². The second-order valence-electron chi connectivity index (χ2n) is 5.51. The maximum Gasteiger partial charge on any atom is 0.268 e. The number of methoxy groups -OCH3 is 2. The number of fused-ring (bicyclic) bond motifs is 1. The molecule has 1 aliphatic heterocycles. The lowest BCUT2D eigenvalue weighted by atomic mass is 10.0. The van der Waals surface area contributed by atoms with Crippen molar-refractivity contribution < 1.29 is 17.9 Å². The molecular formula is C17H19NO4S. The zero-order valence-corrected chi connectivity index (χ0v) is 14.1. The first-order valence-corrected chi connectivity index (χ1v) is 8.76. The molecule has 0 aromatic heterocycles. The summed E-state index contributed by atoms with van der Waals surface area (Å²) in [6.45, 7) is 2.44. The van der Waals surface area contributed by atoms with Crippen LogP contribution >= 0.6 is 0 Å². The van der Waals surface area contributed by atoms with Gasteiger partial charge in [0.1, 0.15) is 16.4 Å². The third-order valence-corrected chi connectivity index (χ3v) is 5.92. The molecule has 0 amide bonds. The Morgan fingerprint density at radius 2 is 1.83 bits per heavy atom. The highest BCUT2D eigenvalue weighted by Crippen LogP contribution is 2.41. The van der Waals surface area contributed by atoms with Crippen LogP contribution in [0.3, 0.4) is 0 Å². The fraction of sp³-hybridized carbons (Fsp3) is 0.294. The van der Waals surface area contributed by atoms with E-state index in [1.165, 1.54) is 24.6 Å². The predicted molar refractivity (Wildman–Crippen MR) is 88.9 cm³/mol. The maximum atomic E-state index is 13.2. The van der Waals surface area contributed by atoms with Gasteiger partial charge in [-0.15, -0.1) is 0 Å². The molecule has 23 heavy (non-hydrogen) atoms. The van der Waals surface area contributed by atoms with Gasteiger partial charge in [0.25, 0.3) is 10.0 Å². The Labute approximate surface area is 136 Å². The fourth-order valence-corrected chi connectivity index (χ4v) is 4.66. The van der Waals surface area contributed by atoms with E-state index in [9.17, 15) is 8.42 Å². The van der Waals surface area contributed by atoms with E-state index < -0.39 is 10.0 Å². The summed E-state index contributed by atoms with van der Waals surface area (Å²) in [5.74, 6) is 0.935. The summed E-state index contributed by atoms with van der Waals surface area (Å²) in [6.07, 6.45) is 0. The summed E-state index contributed by atoms with van der Waals surface area (Å²) in [5.41, 5.74) is 1.77. The number of sulfonamides is 1. The van der Waals surface area contributed by atoms with Gasteiger partial charge in [-0.05, 0) is 23.8 Å². The van der Waals surface area contributed by atoms with E-state index in [-0.39, 0.29) is 10.8 Å². The molecule has 1 atom stereocenters. The molecule has 1 heterocycles. The molecule has 0 bridgehead atoms. The van der Waals surface area contributed by atoms with Crippen molar-refractivity contribution in [3.8, 4) is 11.5 Å². The van der Waals surface area contributed by atoms with E-state index in [2.05, 4.69) is 0 Å². The topological polar surface area (TPSA) is 55.8 Å². The van der Waals surface area contributed by atoms with Crippen molar-refractivity contribution in [2.75, 3.05) is 25.1 Å². The van der Waals surface area contributed by atoms with Gasteiger partial charge in [0, 0.05) is 18.5 Å². The van der Waals surface area contributed by atoms with Gasteiger partial charge in [0.2, 0.25) is 0 Å². The third kappa shape index (κ3) is 2.53. The van der Waals surface area contributed by atoms with Crippen molar-refractivity contribution in [2.45, 2.75) is 17.7 Å². The zero-order valence-electron chi connectivity index (χ0n) is 13.3. The normalized spacial score (nSPS) is 17.0. The highest BCUT2D eigenvalue weighted by Gasteiger charge is 2.36. The van der Waals surface area contributed by atoms with Crippen molar-refractivity contribution in [3.05, 3.63) is 48.0 Å². The molecule has 0 saturated heterocycles. The predicted octanol–water partition coefficient (Wildman–Crippen LogP) is 3.02. The van der Waals surface area contributed by atoms with E-state index in [0.717, 1.165) is 11.3 Å². The van der Waals surface area contributed by atoms with Gasteiger partial charge in [0.05, 0.1) is 19.9 Å². The number of para-hydroxylation sites is 1. The third-order valence-electron chi connectivity index (χ3n) is 4.11. The summed E-state index contributed by atoms with van der Waals surface area (Å²) in [6, 6.07) is 12.4. The first-order chi connectivity index (χ1) is 11.0. The minimum atomic E-state index is -3.73. The Balaban J connectivity index is 2.14. The zero-order chi connectivity index (χ0) is 16.6. The maximum absolute atomic E-state index is 13.2. The quantitative estimate of drug-likeness (QED) is 0.863. The number of rotatable bonds is 4. The molecule has 0 fully saturated rings. The minimum absolute atomic E-state index is 0.114. The van der Waals surface area contributed by atoms with Crippen LogP contribution in [0.4, 0.5) is 5.69 Å². The van der Waals surface area contributed by atoms with E-state index in [4.69, 9.17) is 9.47 Å². The summed E-state index contributed by atoms with van der Waals surface area (Å²) >= 11 is 0. The molecule has 3 rings (SSSR count). The molecule has 0 spiro atoms. The average Bonchev–Trinajstić information content (AvgIpc) is 2.92. The monoisotopic (exact) mass is 333 g/mol. The van der Waals surface area contributed by atoms with Crippen LogP contribution in [0.2, 0.25) is 0 Å². The molecule has 0 aliphatic carbocycles. The van der Waals surface area contributed by atoms with Crippen LogP contribution in [-0.2, 0) is 10.0 Å². The van der Waals surface area contributed by atoms with E-state index in [1.54, 1.807) is 12.1 Å². The summed E-state index contributed by atoms with van der Waals surface area (Å²) < 4.78 is 38.2. The van der Waals surface area contributed by atoms with Crippen molar-refractivity contribution in [1.82, 2.24) is 0 Å². The van der Waals surface area contributed by atoms with E-state index in [1.807, 2.05) is 31.2 Å². The lowest BCUT2D eigenvalue weighted by Gasteiger charge is -2.21. The van der Waals surface area contributed by atoms with Gasteiger partial charge in [0.15, 0.2) is 0 Å². The second kappa shape index (κ2) is 5.77. The highest BCUT2D eigenvalue weighted by molar-refractivity contribution is 7.93. The van der Waals surface area contributed by atoms with Gasteiger partial charge in [-0.2, -0.15) is 0 Å². The Morgan fingerprint density at radius 1 is 1.09 bits per heavy atom. The average molecular weight is 333 g/mol. The number of hydrogen-bond acceptors (Lipinski definition) is 4. The molecule has 6 heteroatoms. The van der Waals surface area contributed by atoms with Gasteiger partial charge in [-0.1, -0.05) is 25.1 Å². The molecule has 1 aliphatic rings. The van der Waals surface area contributed by atoms with Crippen LogP contribution in [0.15, 0.2) is 47.4 Å². The SMILES string of the molecule is COc1ccc(OC)c(S(=O)(=O)N2CC(C)c3ccccc32)c1. The Kier molecular flexibility index (Phi) is 3.93. The lowest BCUT2D eigenvalue weighted by Crippen LogP contribution is -2.30. The molecule has 0 N–H and O–H groups in total. The van der Waals surface area contributed by atoms with Crippen LogP contribution in [0.5, 0.6) is 11.5 Å². The summed E-state index contributed by atoms with van der Waals surface area (Å²) in [7, 11) is -0.767. The minimum Gasteiger partial charge on any atom is -0.497 e. The molecular weight excluding hydrogens is 314 g/mol. The number of nitrogens with zero attached hydrogens (tertiary/aromatic N) is 1. The van der Waals surface area contributed by atoms with Gasteiger partial charge < -0.3 is 9.47 Å². The highest BCUT2D eigenvalue weighted by atomic mass is 32.2. The standard InChI is InChI=1S/C17H19NO4S/c1-12-11-18(15-7-5-4-6-14(12)15)23(19,20)17-10-13(21-2)8-9-16(17)22-3/h4-10,12H,11H2,1-3H3. The van der Waals surface area contributed by atoms with Crippen LogP contribution in [0.1, 0.15) is 18.4 Å². The van der Waals surface area contributed by atoms with Crippen LogP contribution in [-0.4, -0.2) is 29.2 Å². The smallest absolute Gasteiger partial charge is 0.268 e. The van der Waals surface area contributed by atoms with Crippen molar-refractivity contribution in [2.24, 2.45) is 0 Å². The number of anilines is 1. The molecule has 5 nitrogen and oxygen atoms in total. The first kappa shape index (κ1) is 15.7.